The molecule has 1 fully saturated rings. The van der Waals surface area contributed by atoms with E-state index in [0.29, 0.717) is 31.0 Å². The molecular formula is C16H15N3O3S. The van der Waals surface area contributed by atoms with E-state index in [4.69, 9.17) is 10.00 Å². The third-order valence-electron chi connectivity index (χ3n) is 3.65. The van der Waals surface area contributed by atoms with Gasteiger partial charge in [-0.25, -0.2) is 13.4 Å². The molecule has 23 heavy (non-hydrogen) atoms. The standard InChI is InChI=1S/C16H15N3O3S/c17-11-13-4-6-15(7-5-13)23(20,21)19-10-8-14(12-19)22-16-3-1-2-9-18-16/h1-7,9,14H,8,10,12H2. The van der Waals surface area contributed by atoms with Crippen LogP contribution in [0.15, 0.2) is 53.6 Å². The van der Waals surface area contributed by atoms with Gasteiger partial charge in [0, 0.05) is 18.8 Å². The molecule has 1 aliphatic rings. The molecule has 1 aliphatic heterocycles. The Bertz CT molecular complexity index is 814. The summed E-state index contributed by atoms with van der Waals surface area (Å²) >= 11 is 0. The average molecular weight is 329 g/mol. The lowest BCUT2D eigenvalue weighted by Crippen LogP contribution is -2.31. The zero-order chi connectivity index (χ0) is 16.3. The first-order valence-corrected chi connectivity index (χ1v) is 8.61. The molecule has 2 heterocycles. The minimum absolute atomic E-state index is 0.190. The zero-order valence-corrected chi connectivity index (χ0v) is 13.1. The number of hydrogen-bond acceptors (Lipinski definition) is 5. The Hall–Kier alpha value is -2.43. The second-order valence-electron chi connectivity index (χ2n) is 5.20. The molecule has 6 nitrogen and oxygen atoms in total. The van der Waals surface area contributed by atoms with Crippen molar-refractivity contribution in [1.29, 1.82) is 5.26 Å². The van der Waals surface area contributed by atoms with Gasteiger partial charge < -0.3 is 4.74 Å². The van der Waals surface area contributed by atoms with Crippen molar-refractivity contribution in [3.63, 3.8) is 0 Å². The van der Waals surface area contributed by atoms with E-state index in [-0.39, 0.29) is 11.0 Å². The van der Waals surface area contributed by atoms with E-state index in [2.05, 4.69) is 4.98 Å². The van der Waals surface area contributed by atoms with Gasteiger partial charge in [-0.1, -0.05) is 6.07 Å². The van der Waals surface area contributed by atoms with E-state index >= 15 is 0 Å². The highest BCUT2D eigenvalue weighted by atomic mass is 32.2. The molecule has 2 aromatic rings. The highest BCUT2D eigenvalue weighted by Gasteiger charge is 2.33. The third-order valence-corrected chi connectivity index (χ3v) is 5.53. The largest absolute Gasteiger partial charge is 0.473 e. The minimum Gasteiger partial charge on any atom is -0.473 e. The van der Waals surface area contributed by atoms with Gasteiger partial charge in [0.25, 0.3) is 0 Å². The maximum Gasteiger partial charge on any atom is 0.243 e. The van der Waals surface area contributed by atoms with E-state index in [1.807, 2.05) is 12.1 Å². The number of pyridine rings is 1. The number of benzene rings is 1. The van der Waals surface area contributed by atoms with Gasteiger partial charge in [0.2, 0.25) is 15.9 Å². The maximum atomic E-state index is 12.6. The Kier molecular flexibility index (Phi) is 4.28. The summed E-state index contributed by atoms with van der Waals surface area (Å²) in [6.07, 6.45) is 2.04. The van der Waals surface area contributed by atoms with Crippen molar-refractivity contribution in [1.82, 2.24) is 9.29 Å². The molecule has 1 saturated heterocycles. The molecule has 0 saturated carbocycles. The maximum absolute atomic E-state index is 12.6. The number of nitriles is 1. The molecule has 7 heteroatoms. The van der Waals surface area contributed by atoms with Gasteiger partial charge >= 0.3 is 0 Å². The summed E-state index contributed by atoms with van der Waals surface area (Å²) in [6.45, 7) is 0.693. The van der Waals surface area contributed by atoms with Crippen LogP contribution >= 0.6 is 0 Å². The molecule has 0 amide bonds. The molecule has 118 valence electrons. The molecule has 0 aliphatic carbocycles. The van der Waals surface area contributed by atoms with Gasteiger partial charge in [-0.15, -0.1) is 0 Å². The SMILES string of the molecule is N#Cc1ccc(S(=O)(=O)N2CCC(Oc3ccccn3)C2)cc1. The Morgan fingerprint density at radius 2 is 2.00 bits per heavy atom. The van der Waals surface area contributed by atoms with Crippen LogP contribution in [0.25, 0.3) is 0 Å². The number of sulfonamides is 1. The predicted octanol–water partition coefficient (Wildman–Crippen LogP) is 1.80. The summed E-state index contributed by atoms with van der Waals surface area (Å²) in [4.78, 5) is 4.28. The lowest BCUT2D eigenvalue weighted by Gasteiger charge is -2.17. The monoisotopic (exact) mass is 329 g/mol. The molecule has 0 bridgehead atoms. The van der Waals surface area contributed by atoms with Gasteiger partial charge in [-0.3, -0.25) is 0 Å². The lowest BCUT2D eigenvalue weighted by atomic mass is 10.2. The Morgan fingerprint density at radius 1 is 1.22 bits per heavy atom. The summed E-state index contributed by atoms with van der Waals surface area (Å²) in [6, 6.07) is 13.3. The number of aromatic nitrogens is 1. The van der Waals surface area contributed by atoms with Crippen LogP contribution in [0.5, 0.6) is 5.88 Å². The van der Waals surface area contributed by atoms with Crippen LogP contribution in [0.3, 0.4) is 0 Å². The summed E-state index contributed by atoms with van der Waals surface area (Å²) in [5.74, 6) is 0.495. The number of ether oxygens (including phenoxy) is 1. The topological polar surface area (TPSA) is 83.3 Å². The normalized spacial score (nSPS) is 18.5. The molecule has 0 spiro atoms. The molecule has 3 rings (SSSR count). The molecule has 0 radical (unpaired) electrons. The van der Waals surface area contributed by atoms with Gasteiger partial charge in [0.1, 0.15) is 6.10 Å². The minimum atomic E-state index is -3.57. The van der Waals surface area contributed by atoms with Crippen LogP contribution in [-0.4, -0.2) is 36.9 Å². The summed E-state index contributed by atoms with van der Waals surface area (Å²) in [7, 11) is -3.57. The lowest BCUT2D eigenvalue weighted by molar-refractivity contribution is 0.207. The summed E-state index contributed by atoms with van der Waals surface area (Å²) < 4.78 is 32.3. The van der Waals surface area contributed by atoms with Crippen molar-refractivity contribution >= 4 is 10.0 Å². The Morgan fingerprint density at radius 3 is 2.65 bits per heavy atom. The number of nitrogens with zero attached hydrogens (tertiary/aromatic N) is 3. The Balaban J connectivity index is 1.71. The second kappa shape index (κ2) is 6.36. The van der Waals surface area contributed by atoms with Gasteiger partial charge in [-0.2, -0.15) is 9.57 Å². The second-order valence-corrected chi connectivity index (χ2v) is 7.13. The van der Waals surface area contributed by atoms with Crippen LogP contribution in [-0.2, 0) is 10.0 Å². The summed E-state index contributed by atoms with van der Waals surface area (Å²) in [5.41, 5.74) is 0.432. The van der Waals surface area contributed by atoms with Crippen LogP contribution in [0.2, 0.25) is 0 Å². The summed E-state index contributed by atoms with van der Waals surface area (Å²) in [5, 5.41) is 8.79. The van der Waals surface area contributed by atoms with Crippen LogP contribution in [0, 0.1) is 11.3 Å². The smallest absolute Gasteiger partial charge is 0.243 e. The quantitative estimate of drug-likeness (QED) is 0.854. The van der Waals surface area contributed by atoms with Crippen molar-refractivity contribution in [3.8, 4) is 11.9 Å². The van der Waals surface area contributed by atoms with E-state index in [1.165, 1.54) is 28.6 Å². The predicted molar refractivity (Wildman–Crippen MR) is 83.2 cm³/mol. The van der Waals surface area contributed by atoms with Crippen molar-refractivity contribution in [2.75, 3.05) is 13.1 Å². The Labute approximate surface area is 135 Å². The number of hydrogen-bond donors (Lipinski definition) is 0. The molecule has 0 N–H and O–H groups in total. The molecule has 1 atom stereocenters. The first-order chi connectivity index (χ1) is 11.1. The fraction of sp³-hybridized carbons (Fsp3) is 0.250. The third kappa shape index (κ3) is 3.33. The first-order valence-electron chi connectivity index (χ1n) is 7.17. The van der Waals surface area contributed by atoms with Gasteiger partial charge in [-0.05, 0) is 36.8 Å². The highest BCUT2D eigenvalue weighted by Crippen LogP contribution is 2.23. The van der Waals surface area contributed by atoms with E-state index in [0.717, 1.165) is 0 Å². The van der Waals surface area contributed by atoms with E-state index in [9.17, 15) is 8.42 Å². The fourth-order valence-corrected chi connectivity index (χ4v) is 3.94. The van der Waals surface area contributed by atoms with Crippen molar-refractivity contribution in [2.24, 2.45) is 0 Å². The van der Waals surface area contributed by atoms with Crippen molar-refractivity contribution < 1.29 is 13.2 Å². The first kappa shape index (κ1) is 15.5. The van der Waals surface area contributed by atoms with Gasteiger partial charge in [0.15, 0.2) is 0 Å². The fourth-order valence-electron chi connectivity index (χ4n) is 2.45. The molecule has 1 aromatic carbocycles. The van der Waals surface area contributed by atoms with Crippen LogP contribution < -0.4 is 4.74 Å². The van der Waals surface area contributed by atoms with E-state index < -0.39 is 10.0 Å². The van der Waals surface area contributed by atoms with Crippen LogP contribution in [0.4, 0.5) is 0 Å². The van der Waals surface area contributed by atoms with Gasteiger partial charge in [0.05, 0.1) is 23.1 Å². The van der Waals surface area contributed by atoms with E-state index in [1.54, 1.807) is 18.3 Å². The molecule has 1 unspecified atom stereocenters. The van der Waals surface area contributed by atoms with Crippen molar-refractivity contribution in [3.05, 3.63) is 54.2 Å². The van der Waals surface area contributed by atoms with Crippen LogP contribution in [0.1, 0.15) is 12.0 Å². The van der Waals surface area contributed by atoms with Crippen molar-refractivity contribution in [2.45, 2.75) is 17.4 Å². The highest BCUT2D eigenvalue weighted by molar-refractivity contribution is 7.89. The molecular weight excluding hydrogens is 314 g/mol. The number of rotatable bonds is 4. The average Bonchev–Trinajstić information content (AvgIpc) is 3.05. The zero-order valence-electron chi connectivity index (χ0n) is 12.3. The molecule has 1 aromatic heterocycles.